The molecule has 0 aliphatic heterocycles. The smallest absolute Gasteiger partial charge is 0.306 e. The van der Waals surface area contributed by atoms with Gasteiger partial charge in [0.1, 0.15) is 13.2 Å². The molecule has 0 fully saturated rings. The molecule has 0 saturated carbocycles. The molecule has 0 aromatic heterocycles. The van der Waals surface area contributed by atoms with E-state index < -0.39 is 6.10 Å². The maximum atomic E-state index is 12.9. The van der Waals surface area contributed by atoms with Crippen molar-refractivity contribution in [3.8, 4) is 0 Å². The number of carbonyl (C=O) groups is 3. The Morgan fingerprint density at radius 3 is 0.861 bits per heavy atom. The lowest BCUT2D eigenvalue weighted by Gasteiger charge is -2.18. The van der Waals surface area contributed by atoms with Crippen molar-refractivity contribution in [3.05, 3.63) is 72.9 Å². The summed E-state index contributed by atoms with van der Waals surface area (Å²) in [6, 6.07) is 0. The molecular formula is C66H116O6. The van der Waals surface area contributed by atoms with Gasteiger partial charge in [0.2, 0.25) is 0 Å². The van der Waals surface area contributed by atoms with Crippen LogP contribution in [0, 0.1) is 0 Å². The van der Waals surface area contributed by atoms with E-state index in [1.165, 1.54) is 173 Å². The van der Waals surface area contributed by atoms with Crippen molar-refractivity contribution in [1.29, 1.82) is 0 Å². The molecule has 0 aliphatic rings. The summed E-state index contributed by atoms with van der Waals surface area (Å²) in [6.07, 6.45) is 77.5. The van der Waals surface area contributed by atoms with Crippen LogP contribution in [0.5, 0.6) is 0 Å². The van der Waals surface area contributed by atoms with Gasteiger partial charge in [-0.2, -0.15) is 0 Å². The van der Waals surface area contributed by atoms with Crippen LogP contribution in [0.4, 0.5) is 0 Å². The van der Waals surface area contributed by atoms with Crippen LogP contribution in [0.15, 0.2) is 72.9 Å². The molecule has 0 amide bonds. The molecular weight excluding hydrogens is 889 g/mol. The third-order valence-electron chi connectivity index (χ3n) is 13.4. The van der Waals surface area contributed by atoms with Gasteiger partial charge in [-0.1, -0.05) is 273 Å². The largest absolute Gasteiger partial charge is 0.462 e. The van der Waals surface area contributed by atoms with Crippen LogP contribution in [0.1, 0.15) is 310 Å². The van der Waals surface area contributed by atoms with Gasteiger partial charge in [-0.3, -0.25) is 14.4 Å². The molecule has 0 aromatic rings. The van der Waals surface area contributed by atoms with E-state index in [-0.39, 0.29) is 31.1 Å². The summed E-state index contributed by atoms with van der Waals surface area (Å²) in [6.45, 7) is 6.54. The monoisotopic (exact) mass is 1000 g/mol. The minimum Gasteiger partial charge on any atom is -0.462 e. The molecule has 0 heterocycles. The Labute approximate surface area is 446 Å². The number of hydrogen-bond acceptors (Lipinski definition) is 6. The molecule has 0 N–H and O–H groups in total. The van der Waals surface area contributed by atoms with E-state index in [0.717, 1.165) is 96.3 Å². The van der Waals surface area contributed by atoms with E-state index in [9.17, 15) is 14.4 Å². The normalized spacial score (nSPS) is 12.5. The Morgan fingerprint density at radius 2 is 0.542 bits per heavy atom. The standard InChI is InChI=1S/C66H116O6/c1-4-7-10-13-16-19-22-25-27-29-31-32-33-34-36-37-39-41-44-47-50-53-56-59-65(68)71-62-63(61-70-64(67)58-55-52-49-46-43-24-21-18-15-12-9-6-3)72-66(69)60-57-54-51-48-45-42-40-38-35-30-28-26-23-20-17-14-11-8-5-2/h7,10,16,19,25-28,31-32,34,36,63H,4-6,8-9,11-15,17-18,20-24,29-30,33,35,37-62H2,1-3H3/b10-7-,19-16-,27-25-,28-26-,32-31-,36-34-. The van der Waals surface area contributed by atoms with Crippen molar-refractivity contribution < 1.29 is 28.6 Å². The minimum absolute atomic E-state index is 0.0767. The van der Waals surface area contributed by atoms with Gasteiger partial charge in [0, 0.05) is 19.3 Å². The SMILES string of the molecule is CC/C=C\C/C=C\C/C=C\C/C=C\C/C=C\CCCCCCCCCC(=O)OCC(COC(=O)CCCCCCCCCCCCCC)OC(=O)CCCCCCCCCCC/C=C\CCCCCCCC. The molecule has 1 atom stereocenters. The van der Waals surface area contributed by atoms with Gasteiger partial charge in [-0.15, -0.1) is 0 Å². The molecule has 6 heteroatoms. The van der Waals surface area contributed by atoms with Crippen LogP contribution in [0.25, 0.3) is 0 Å². The summed E-state index contributed by atoms with van der Waals surface area (Å²) >= 11 is 0. The van der Waals surface area contributed by atoms with Gasteiger partial charge in [0.25, 0.3) is 0 Å². The molecule has 0 bridgehead atoms. The highest BCUT2D eigenvalue weighted by Crippen LogP contribution is 2.16. The average Bonchev–Trinajstić information content (AvgIpc) is 3.38. The zero-order chi connectivity index (χ0) is 52.2. The number of rotatable bonds is 56. The van der Waals surface area contributed by atoms with Crippen LogP contribution in [-0.4, -0.2) is 37.2 Å². The number of allylic oxidation sites excluding steroid dienone is 12. The number of unbranched alkanes of at least 4 members (excludes halogenated alkanes) is 33. The first-order valence-electron chi connectivity index (χ1n) is 30.9. The zero-order valence-electron chi connectivity index (χ0n) is 47.7. The molecule has 0 rings (SSSR count). The highest BCUT2D eigenvalue weighted by atomic mass is 16.6. The van der Waals surface area contributed by atoms with Gasteiger partial charge in [0.15, 0.2) is 6.10 Å². The number of ether oxygens (including phenoxy) is 3. The van der Waals surface area contributed by atoms with E-state index in [2.05, 4.69) is 93.7 Å². The summed E-state index contributed by atoms with van der Waals surface area (Å²) < 4.78 is 16.9. The third-order valence-corrected chi connectivity index (χ3v) is 13.4. The molecule has 6 nitrogen and oxygen atoms in total. The molecule has 0 aliphatic carbocycles. The highest BCUT2D eigenvalue weighted by molar-refractivity contribution is 5.71. The second-order valence-corrected chi connectivity index (χ2v) is 20.6. The van der Waals surface area contributed by atoms with Crippen LogP contribution < -0.4 is 0 Å². The van der Waals surface area contributed by atoms with E-state index in [1.54, 1.807) is 0 Å². The zero-order valence-corrected chi connectivity index (χ0v) is 47.7. The van der Waals surface area contributed by atoms with E-state index >= 15 is 0 Å². The second kappa shape index (κ2) is 60.4. The van der Waals surface area contributed by atoms with Gasteiger partial charge in [-0.05, 0) is 89.9 Å². The van der Waals surface area contributed by atoms with E-state index in [4.69, 9.17) is 14.2 Å². The predicted molar refractivity (Wildman–Crippen MR) is 311 cm³/mol. The predicted octanol–water partition coefficient (Wildman–Crippen LogP) is 20.9. The summed E-state index contributed by atoms with van der Waals surface area (Å²) in [5, 5.41) is 0. The molecule has 416 valence electrons. The summed E-state index contributed by atoms with van der Waals surface area (Å²) in [7, 11) is 0. The van der Waals surface area contributed by atoms with Gasteiger partial charge < -0.3 is 14.2 Å². The molecule has 0 saturated heterocycles. The van der Waals surface area contributed by atoms with Crippen molar-refractivity contribution in [2.45, 2.75) is 316 Å². The number of hydrogen-bond donors (Lipinski definition) is 0. The van der Waals surface area contributed by atoms with Crippen molar-refractivity contribution in [2.75, 3.05) is 13.2 Å². The lowest BCUT2D eigenvalue weighted by Crippen LogP contribution is -2.30. The number of esters is 3. The first kappa shape index (κ1) is 68.8. The van der Waals surface area contributed by atoms with E-state index in [0.29, 0.717) is 19.3 Å². The average molecular weight is 1010 g/mol. The lowest BCUT2D eigenvalue weighted by atomic mass is 10.0. The Morgan fingerprint density at radius 1 is 0.292 bits per heavy atom. The van der Waals surface area contributed by atoms with Crippen molar-refractivity contribution in [3.63, 3.8) is 0 Å². The van der Waals surface area contributed by atoms with Gasteiger partial charge in [0.05, 0.1) is 0 Å². The Kier molecular flexibility index (Phi) is 57.8. The van der Waals surface area contributed by atoms with Crippen LogP contribution in [0.3, 0.4) is 0 Å². The summed E-state index contributed by atoms with van der Waals surface area (Å²) in [5.41, 5.74) is 0. The summed E-state index contributed by atoms with van der Waals surface area (Å²) in [4.78, 5) is 38.2. The fraction of sp³-hybridized carbons (Fsp3) is 0.773. The molecule has 72 heavy (non-hydrogen) atoms. The van der Waals surface area contributed by atoms with E-state index in [1.807, 2.05) is 0 Å². The quantitative estimate of drug-likeness (QED) is 0.0261. The Bertz CT molecular complexity index is 1340. The number of carbonyl (C=O) groups excluding carboxylic acids is 3. The minimum atomic E-state index is -0.780. The van der Waals surface area contributed by atoms with Crippen LogP contribution in [0.2, 0.25) is 0 Å². The summed E-state index contributed by atoms with van der Waals surface area (Å²) in [5.74, 6) is -0.877. The maximum Gasteiger partial charge on any atom is 0.306 e. The van der Waals surface area contributed by atoms with Gasteiger partial charge in [-0.25, -0.2) is 0 Å². The van der Waals surface area contributed by atoms with Crippen molar-refractivity contribution in [2.24, 2.45) is 0 Å². The molecule has 0 spiro atoms. The molecule has 0 aromatic carbocycles. The fourth-order valence-electron chi connectivity index (χ4n) is 8.82. The fourth-order valence-corrected chi connectivity index (χ4v) is 8.82. The van der Waals surface area contributed by atoms with Crippen LogP contribution >= 0.6 is 0 Å². The topological polar surface area (TPSA) is 78.9 Å². The first-order chi connectivity index (χ1) is 35.5. The van der Waals surface area contributed by atoms with Crippen molar-refractivity contribution in [1.82, 2.24) is 0 Å². The van der Waals surface area contributed by atoms with Crippen molar-refractivity contribution >= 4 is 17.9 Å². The molecule has 1 unspecified atom stereocenters. The van der Waals surface area contributed by atoms with Crippen LogP contribution in [-0.2, 0) is 28.6 Å². The van der Waals surface area contributed by atoms with Gasteiger partial charge >= 0.3 is 17.9 Å². The maximum absolute atomic E-state index is 12.9. The Balaban J connectivity index is 4.33. The lowest BCUT2D eigenvalue weighted by molar-refractivity contribution is -0.167. The Hall–Kier alpha value is -3.15. The molecule has 0 radical (unpaired) electrons. The highest BCUT2D eigenvalue weighted by Gasteiger charge is 2.19. The third kappa shape index (κ3) is 57.7. The first-order valence-corrected chi connectivity index (χ1v) is 30.9. The second-order valence-electron chi connectivity index (χ2n) is 20.6.